The monoisotopic (exact) mass is 420 g/mol. The number of nitrogens with two attached hydrogens (primary N) is 1. The zero-order valence-corrected chi connectivity index (χ0v) is 16.6. The number of rotatable bonds is 7. The van der Waals surface area contributed by atoms with Gasteiger partial charge in [0.15, 0.2) is 0 Å². The highest BCUT2D eigenvalue weighted by molar-refractivity contribution is 8.03. The van der Waals surface area contributed by atoms with Gasteiger partial charge in [0.2, 0.25) is 5.91 Å². The third kappa shape index (κ3) is 3.87. The third-order valence-electron chi connectivity index (χ3n) is 5.32. The van der Waals surface area contributed by atoms with Gasteiger partial charge in [0.05, 0.1) is 18.1 Å². The van der Waals surface area contributed by atoms with Gasteiger partial charge < -0.3 is 20.4 Å². The van der Waals surface area contributed by atoms with E-state index in [4.69, 9.17) is 5.14 Å². The Hall–Kier alpha value is -1.18. The highest BCUT2D eigenvalue weighted by Gasteiger charge is 2.60. The number of nitrogens with zero attached hydrogens (tertiary/aromatic N) is 1. The average Bonchev–Trinajstić information content (AvgIpc) is 3.07. The number of hydrogen-bond donors (Lipinski definition) is 5. The van der Waals surface area contributed by atoms with Crippen molar-refractivity contribution >= 4 is 33.8 Å². The molecule has 0 spiro atoms. The Bertz CT molecular complexity index is 783. The lowest BCUT2D eigenvalue weighted by atomic mass is 9.79. The second-order valence-corrected chi connectivity index (χ2v) is 9.97. The number of amides is 1. The molecule has 3 rings (SSSR count). The Kier molecular flexibility index (Phi) is 5.58. The number of carbonyl (C=O) groups is 2. The van der Waals surface area contributed by atoms with Gasteiger partial charge in [0.1, 0.15) is 5.70 Å². The quantitative estimate of drug-likeness (QED) is 0.308. The summed E-state index contributed by atoms with van der Waals surface area (Å²) in [5, 5.41) is 27.7. The molecular weight excluding hydrogens is 396 g/mol. The molecule has 0 saturated carbocycles. The van der Waals surface area contributed by atoms with Gasteiger partial charge in [0.25, 0.3) is 10.2 Å². The lowest BCUT2D eigenvalue weighted by molar-refractivity contribution is -0.163. The van der Waals surface area contributed by atoms with Crippen molar-refractivity contribution in [1.82, 2.24) is 14.9 Å². The van der Waals surface area contributed by atoms with Crippen LogP contribution in [0.15, 0.2) is 10.6 Å². The number of aliphatic carboxylic acids is 1. The molecular formula is C15H24N4O6S2. The van der Waals surface area contributed by atoms with E-state index in [1.165, 1.54) is 16.7 Å². The number of carboxylic acids is 1. The minimum Gasteiger partial charge on any atom is -0.477 e. The first-order chi connectivity index (χ1) is 12.5. The molecule has 0 bridgehead atoms. The van der Waals surface area contributed by atoms with Crippen LogP contribution in [-0.2, 0) is 19.8 Å². The number of nitrogens with one attached hydrogen (secondary N) is 2. The van der Waals surface area contributed by atoms with Crippen LogP contribution in [0, 0.1) is 11.8 Å². The maximum atomic E-state index is 12.3. The van der Waals surface area contributed by atoms with E-state index in [9.17, 15) is 28.2 Å². The number of aliphatic hydroxyl groups excluding tert-OH is 1. The fraction of sp³-hybridized carbons (Fsp3) is 0.733. The minimum absolute atomic E-state index is 0.00510. The largest absolute Gasteiger partial charge is 0.477 e. The van der Waals surface area contributed by atoms with Crippen LogP contribution in [0.3, 0.4) is 0 Å². The number of carbonyl (C=O) groups excluding carboxylic acids is 1. The minimum atomic E-state index is -3.76. The van der Waals surface area contributed by atoms with Gasteiger partial charge in [-0.05, 0) is 13.3 Å². The van der Waals surface area contributed by atoms with Crippen molar-refractivity contribution in [3.63, 3.8) is 0 Å². The summed E-state index contributed by atoms with van der Waals surface area (Å²) < 4.78 is 24.3. The van der Waals surface area contributed by atoms with Crippen molar-refractivity contribution < 1.29 is 28.2 Å². The molecule has 3 heterocycles. The standard InChI is InChI=1S/C15H24N4O6S2/c1-6-11-10(7(2)20)14(21)19(11)12(15(22)23)13(6)26-9-3-8(17-5-9)4-18-27(16,24)25/h6-11,17-18,20H,3-5H2,1-2H3,(H,22,23)(H2,16,24,25)/t6-,7-,8?,9?,10-,11?/m1/s1. The Labute approximate surface area is 161 Å². The number of hydrogen-bond acceptors (Lipinski definition) is 7. The van der Waals surface area contributed by atoms with Crippen molar-refractivity contribution in [3.05, 3.63) is 10.6 Å². The summed E-state index contributed by atoms with van der Waals surface area (Å²) >= 11 is 1.41. The summed E-state index contributed by atoms with van der Waals surface area (Å²) in [5.41, 5.74) is 0.00510. The van der Waals surface area contributed by atoms with Crippen molar-refractivity contribution in [1.29, 1.82) is 0 Å². The molecule has 3 unspecified atom stereocenters. The topological polar surface area (TPSA) is 162 Å². The fourth-order valence-electron chi connectivity index (χ4n) is 4.10. The lowest BCUT2D eigenvalue weighted by Crippen LogP contribution is -2.63. The van der Waals surface area contributed by atoms with E-state index in [0.29, 0.717) is 17.9 Å². The molecule has 2 fully saturated rings. The predicted molar refractivity (Wildman–Crippen MR) is 98.5 cm³/mol. The number of fused-ring (bicyclic) bond motifs is 1. The Morgan fingerprint density at radius 1 is 1.52 bits per heavy atom. The molecule has 0 radical (unpaired) electrons. The van der Waals surface area contributed by atoms with Crippen LogP contribution >= 0.6 is 11.8 Å². The molecule has 10 nitrogen and oxygen atoms in total. The van der Waals surface area contributed by atoms with Gasteiger partial charge in [-0.1, -0.05) is 6.92 Å². The number of β-lactam (4-membered cyclic amide) rings is 1. The van der Waals surface area contributed by atoms with Gasteiger partial charge in [-0.2, -0.15) is 8.42 Å². The van der Waals surface area contributed by atoms with Crippen LogP contribution in [0.2, 0.25) is 0 Å². The van der Waals surface area contributed by atoms with Gasteiger partial charge in [0, 0.05) is 35.2 Å². The molecule has 3 aliphatic heterocycles. The lowest BCUT2D eigenvalue weighted by Gasteiger charge is -2.46. The summed E-state index contributed by atoms with van der Waals surface area (Å²) in [6.07, 6.45) is -0.197. The van der Waals surface area contributed by atoms with E-state index in [1.807, 2.05) is 6.92 Å². The van der Waals surface area contributed by atoms with Crippen LogP contribution in [-0.4, -0.2) is 71.9 Å². The zero-order valence-electron chi connectivity index (χ0n) is 15.0. The van der Waals surface area contributed by atoms with Crippen molar-refractivity contribution in [2.45, 2.75) is 43.7 Å². The molecule has 6 N–H and O–H groups in total. The highest BCUT2D eigenvalue weighted by atomic mass is 32.2. The number of thioether (sulfide) groups is 1. The molecule has 152 valence electrons. The molecule has 3 aliphatic rings. The SMILES string of the molecule is C[C@H]1C(SC2CNC(CNS(N)(=O)=O)C2)=C(C(=O)O)N2C(=O)[C@H]([C@@H](C)O)C12. The van der Waals surface area contributed by atoms with Crippen molar-refractivity contribution in [2.75, 3.05) is 13.1 Å². The van der Waals surface area contributed by atoms with Gasteiger partial charge >= 0.3 is 5.97 Å². The summed E-state index contributed by atoms with van der Waals surface area (Å²) in [5.74, 6) is -2.27. The summed E-state index contributed by atoms with van der Waals surface area (Å²) in [7, 11) is -3.76. The summed E-state index contributed by atoms with van der Waals surface area (Å²) in [4.78, 5) is 26.1. The summed E-state index contributed by atoms with van der Waals surface area (Å²) in [6.45, 7) is 4.17. The molecule has 0 aliphatic carbocycles. The normalized spacial score (nSPS) is 34.6. The smallest absolute Gasteiger partial charge is 0.353 e. The van der Waals surface area contributed by atoms with Crippen LogP contribution in [0.25, 0.3) is 0 Å². The first-order valence-electron chi connectivity index (χ1n) is 8.67. The van der Waals surface area contributed by atoms with Gasteiger partial charge in [-0.25, -0.2) is 14.7 Å². The van der Waals surface area contributed by atoms with Crippen LogP contribution in [0.1, 0.15) is 20.3 Å². The molecule has 1 amide bonds. The van der Waals surface area contributed by atoms with E-state index in [2.05, 4.69) is 10.0 Å². The van der Waals surface area contributed by atoms with E-state index in [0.717, 1.165) is 0 Å². The van der Waals surface area contributed by atoms with Crippen LogP contribution in [0.4, 0.5) is 0 Å². The van der Waals surface area contributed by atoms with Crippen LogP contribution < -0.4 is 15.2 Å². The second kappa shape index (κ2) is 7.33. The van der Waals surface area contributed by atoms with E-state index in [1.54, 1.807) is 6.92 Å². The highest BCUT2D eigenvalue weighted by Crippen LogP contribution is 2.51. The maximum Gasteiger partial charge on any atom is 0.353 e. The molecule has 0 aromatic rings. The number of aliphatic hydroxyl groups is 1. The van der Waals surface area contributed by atoms with E-state index in [-0.39, 0.29) is 41.4 Å². The first kappa shape index (κ1) is 20.6. The first-order valence-corrected chi connectivity index (χ1v) is 11.1. The Morgan fingerprint density at radius 3 is 2.74 bits per heavy atom. The van der Waals surface area contributed by atoms with Gasteiger partial charge in [-0.15, -0.1) is 11.8 Å². The Morgan fingerprint density at radius 2 is 2.19 bits per heavy atom. The average molecular weight is 421 g/mol. The van der Waals surface area contributed by atoms with Crippen molar-refractivity contribution in [2.24, 2.45) is 17.0 Å². The van der Waals surface area contributed by atoms with Gasteiger partial charge in [-0.3, -0.25) is 4.79 Å². The summed E-state index contributed by atoms with van der Waals surface area (Å²) in [6, 6.07) is -0.435. The zero-order chi connectivity index (χ0) is 20.1. The van der Waals surface area contributed by atoms with E-state index >= 15 is 0 Å². The third-order valence-corrected chi connectivity index (χ3v) is 7.40. The Balaban J connectivity index is 1.71. The molecule has 6 atom stereocenters. The molecule has 0 aromatic carbocycles. The molecule has 12 heteroatoms. The molecule has 0 aromatic heterocycles. The molecule has 2 saturated heterocycles. The predicted octanol–water partition coefficient (Wildman–Crippen LogP) is -1.60. The number of carboxylic acid groups (broad SMARTS) is 1. The second-order valence-electron chi connectivity index (χ2n) is 7.25. The van der Waals surface area contributed by atoms with E-state index < -0.39 is 28.2 Å². The molecule has 27 heavy (non-hydrogen) atoms. The van der Waals surface area contributed by atoms with Crippen LogP contribution in [0.5, 0.6) is 0 Å². The fourth-order valence-corrected chi connectivity index (χ4v) is 6.05. The van der Waals surface area contributed by atoms with Crippen molar-refractivity contribution in [3.8, 4) is 0 Å². The maximum absolute atomic E-state index is 12.3.